The SMILES string of the molecule is Cc1ccc(C(C)(C)c2ccc(OCc3ccnc(C4CCC[C@@H](O)C4)n3)cc2)cc1. The van der Waals surface area contributed by atoms with E-state index in [0.29, 0.717) is 6.61 Å². The van der Waals surface area contributed by atoms with Crippen molar-refractivity contribution in [2.45, 2.75) is 70.5 Å². The lowest BCUT2D eigenvalue weighted by Crippen LogP contribution is -2.20. The number of hydrogen-bond donors (Lipinski definition) is 1. The quantitative estimate of drug-likeness (QED) is 0.559. The topological polar surface area (TPSA) is 55.2 Å². The Labute approximate surface area is 185 Å². The average molecular weight is 417 g/mol. The van der Waals surface area contributed by atoms with Crippen molar-refractivity contribution in [1.29, 1.82) is 0 Å². The third-order valence-corrected chi connectivity index (χ3v) is 6.48. The van der Waals surface area contributed by atoms with Gasteiger partial charge in [0.1, 0.15) is 18.2 Å². The first kappa shape index (κ1) is 21.5. The van der Waals surface area contributed by atoms with E-state index >= 15 is 0 Å². The van der Waals surface area contributed by atoms with Gasteiger partial charge in [0.05, 0.1) is 11.8 Å². The molecule has 4 heteroatoms. The highest BCUT2D eigenvalue weighted by Crippen LogP contribution is 2.33. The molecule has 2 aromatic carbocycles. The zero-order valence-corrected chi connectivity index (χ0v) is 18.7. The summed E-state index contributed by atoms with van der Waals surface area (Å²) in [6.45, 7) is 7.02. The van der Waals surface area contributed by atoms with Gasteiger partial charge >= 0.3 is 0 Å². The molecule has 3 aromatic rings. The minimum absolute atomic E-state index is 0.0711. The van der Waals surface area contributed by atoms with Crippen molar-refractivity contribution in [2.75, 3.05) is 0 Å². The lowest BCUT2D eigenvalue weighted by Gasteiger charge is -2.26. The molecule has 2 atom stereocenters. The number of rotatable bonds is 6. The van der Waals surface area contributed by atoms with Crippen molar-refractivity contribution in [3.63, 3.8) is 0 Å². The second-order valence-electron chi connectivity index (χ2n) is 9.23. The molecule has 0 radical (unpaired) electrons. The molecule has 4 nitrogen and oxygen atoms in total. The van der Waals surface area contributed by atoms with E-state index in [1.54, 1.807) is 6.20 Å². The van der Waals surface area contributed by atoms with Crippen LogP contribution in [0.25, 0.3) is 0 Å². The first-order chi connectivity index (χ1) is 14.9. The van der Waals surface area contributed by atoms with Crippen LogP contribution in [0.1, 0.15) is 73.7 Å². The summed E-state index contributed by atoms with van der Waals surface area (Å²) in [7, 11) is 0. The van der Waals surface area contributed by atoms with Crippen LogP contribution in [0.4, 0.5) is 0 Å². The molecular formula is C27H32N2O2. The molecule has 0 amide bonds. The highest BCUT2D eigenvalue weighted by molar-refractivity contribution is 5.40. The number of benzene rings is 2. The van der Waals surface area contributed by atoms with Gasteiger partial charge in [-0.25, -0.2) is 9.97 Å². The third-order valence-electron chi connectivity index (χ3n) is 6.48. The molecule has 0 aliphatic heterocycles. The maximum absolute atomic E-state index is 9.95. The van der Waals surface area contributed by atoms with Gasteiger partial charge in [-0.05, 0) is 55.5 Å². The first-order valence-corrected chi connectivity index (χ1v) is 11.2. The highest BCUT2D eigenvalue weighted by atomic mass is 16.5. The summed E-state index contributed by atoms with van der Waals surface area (Å²) in [6.07, 6.45) is 5.28. The minimum atomic E-state index is -0.232. The van der Waals surface area contributed by atoms with Crippen LogP contribution in [-0.2, 0) is 12.0 Å². The Balaban J connectivity index is 1.41. The van der Waals surface area contributed by atoms with E-state index in [1.165, 1.54) is 16.7 Å². The van der Waals surface area contributed by atoms with Crippen LogP contribution in [0, 0.1) is 6.92 Å². The second-order valence-corrected chi connectivity index (χ2v) is 9.23. The molecule has 1 unspecified atom stereocenters. The Bertz CT molecular complexity index is 997. The number of hydrogen-bond acceptors (Lipinski definition) is 4. The van der Waals surface area contributed by atoms with Crippen LogP contribution >= 0.6 is 0 Å². The van der Waals surface area contributed by atoms with Crippen LogP contribution in [0.2, 0.25) is 0 Å². The van der Waals surface area contributed by atoms with Crippen molar-refractivity contribution >= 4 is 0 Å². The Morgan fingerprint density at radius 3 is 2.32 bits per heavy atom. The molecule has 31 heavy (non-hydrogen) atoms. The molecule has 1 aliphatic carbocycles. The summed E-state index contributed by atoms with van der Waals surface area (Å²) >= 11 is 0. The number of nitrogens with zero attached hydrogens (tertiary/aromatic N) is 2. The predicted octanol–water partition coefficient (Wildman–Crippen LogP) is 5.71. The van der Waals surface area contributed by atoms with Gasteiger partial charge in [0.2, 0.25) is 0 Å². The number of aryl methyl sites for hydroxylation is 1. The second kappa shape index (κ2) is 9.19. The molecule has 0 bridgehead atoms. The van der Waals surface area contributed by atoms with Crippen LogP contribution in [0.15, 0.2) is 60.8 Å². The lowest BCUT2D eigenvalue weighted by atomic mass is 9.78. The highest BCUT2D eigenvalue weighted by Gasteiger charge is 2.24. The Morgan fingerprint density at radius 2 is 1.65 bits per heavy atom. The molecule has 0 saturated heterocycles. The summed E-state index contributed by atoms with van der Waals surface area (Å²) in [5.41, 5.74) is 4.63. The molecule has 1 N–H and O–H groups in total. The summed E-state index contributed by atoms with van der Waals surface area (Å²) in [5.74, 6) is 1.90. The number of ether oxygens (including phenoxy) is 1. The fraction of sp³-hybridized carbons (Fsp3) is 0.407. The van der Waals surface area contributed by atoms with E-state index in [9.17, 15) is 5.11 Å². The minimum Gasteiger partial charge on any atom is -0.487 e. The Kier molecular flexibility index (Phi) is 6.38. The normalized spacial score (nSPS) is 19.2. The van der Waals surface area contributed by atoms with E-state index in [1.807, 2.05) is 18.2 Å². The van der Waals surface area contributed by atoms with Crippen LogP contribution in [0.3, 0.4) is 0 Å². The molecule has 1 fully saturated rings. The van der Waals surface area contributed by atoms with E-state index in [-0.39, 0.29) is 17.4 Å². The standard InChI is InChI=1S/C27H32N2O2/c1-19-7-9-21(10-8-19)27(2,3)22-11-13-25(14-12-22)31-18-23-15-16-28-26(29-23)20-5-4-6-24(30)17-20/h7-16,20,24,30H,4-6,17-18H2,1-3H3/t20?,24-/m1/s1. The van der Waals surface area contributed by atoms with E-state index < -0.39 is 0 Å². The van der Waals surface area contributed by atoms with Crippen molar-refractivity contribution in [3.05, 3.63) is 89.0 Å². The molecule has 1 aliphatic rings. The predicted molar refractivity (Wildman–Crippen MR) is 123 cm³/mol. The smallest absolute Gasteiger partial charge is 0.131 e. The van der Waals surface area contributed by atoms with Gasteiger partial charge < -0.3 is 9.84 Å². The van der Waals surface area contributed by atoms with E-state index in [0.717, 1.165) is 43.0 Å². The maximum atomic E-state index is 9.95. The van der Waals surface area contributed by atoms with Gasteiger partial charge in [-0.15, -0.1) is 0 Å². The number of aliphatic hydroxyl groups excluding tert-OH is 1. The van der Waals surface area contributed by atoms with Crippen LogP contribution < -0.4 is 4.74 Å². The largest absolute Gasteiger partial charge is 0.487 e. The summed E-state index contributed by atoms with van der Waals surface area (Å²) in [4.78, 5) is 9.15. The fourth-order valence-electron chi connectivity index (χ4n) is 4.35. The zero-order chi connectivity index (χ0) is 21.8. The molecule has 0 spiro atoms. The van der Waals surface area contributed by atoms with Gasteiger partial charge in [0.15, 0.2) is 0 Å². The van der Waals surface area contributed by atoms with Gasteiger partial charge in [-0.1, -0.05) is 62.2 Å². The summed E-state index contributed by atoms with van der Waals surface area (Å²) in [6, 6.07) is 19.0. The van der Waals surface area contributed by atoms with Crippen LogP contribution in [0.5, 0.6) is 5.75 Å². The molecule has 1 aromatic heterocycles. The molecule has 4 rings (SSSR count). The molecule has 1 saturated carbocycles. The molecular weight excluding hydrogens is 384 g/mol. The maximum Gasteiger partial charge on any atom is 0.131 e. The molecule has 162 valence electrons. The number of aromatic nitrogens is 2. The van der Waals surface area contributed by atoms with Crippen molar-refractivity contribution in [2.24, 2.45) is 0 Å². The number of aliphatic hydroxyl groups is 1. The first-order valence-electron chi connectivity index (χ1n) is 11.2. The van der Waals surface area contributed by atoms with E-state index in [2.05, 4.69) is 62.2 Å². The van der Waals surface area contributed by atoms with E-state index in [4.69, 9.17) is 9.72 Å². The third kappa shape index (κ3) is 5.13. The monoisotopic (exact) mass is 416 g/mol. The molecule has 1 heterocycles. The van der Waals surface area contributed by atoms with Crippen LogP contribution in [-0.4, -0.2) is 21.2 Å². The van der Waals surface area contributed by atoms with Crippen molar-refractivity contribution in [1.82, 2.24) is 9.97 Å². The van der Waals surface area contributed by atoms with Gasteiger partial charge in [0.25, 0.3) is 0 Å². The van der Waals surface area contributed by atoms with Gasteiger partial charge in [-0.3, -0.25) is 0 Å². The lowest BCUT2D eigenvalue weighted by molar-refractivity contribution is 0.117. The van der Waals surface area contributed by atoms with Crippen molar-refractivity contribution < 1.29 is 9.84 Å². The average Bonchev–Trinajstić information content (AvgIpc) is 2.78. The summed E-state index contributed by atoms with van der Waals surface area (Å²) in [5, 5.41) is 9.95. The Hall–Kier alpha value is -2.72. The van der Waals surface area contributed by atoms with Gasteiger partial charge in [-0.2, -0.15) is 0 Å². The zero-order valence-electron chi connectivity index (χ0n) is 18.7. The summed E-state index contributed by atoms with van der Waals surface area (Å²) < 4.78 is 6.00. The van der Waals surface area contributed by atoms with Gasteiger partial charge in [0, 0.05) is 17.5 Å². The Morgan fingerprint density at radius 1 is 0.968 bits per heavy atom. The van der Waals surface area contributed by atoms with Crippen molar-refractivity contribution in [3.8, 4) is 5.75 Å². The fourth-order valence-corrected chi connectivity index (χ4v) is 4.35.